The highest BCUT2D eigenvalue weighted by atomic mass is 127. The average Bonchev–Trinajstić information content (AvgIpc) is 3.02. The van der Waals surface area contributed by atoms with Gasteiger partial charge in [-0.1, -0.05) is 5.92 Å². The molecule has 1 fully saturated rings. The predicted octanol–water partition coefficient (Wildman–Crippen LogP) is 1.93. The highest BCUT2D eigenvalue weighted by Crippen LogP contribution is 2.31. The highest BCUT2D eigenvalue weighted by Gasteiger charge is 2.25. The zero-order valence-corrected chi connectivity index (χ0v) is 10.5. The lowest BCUT2D eigenvalue weighted by Crippen LogP contribution is -2.27. The van der Waals surface area contributed by atoms with Gasteiger partial charge in [0.15, 0.2) is 0 Å². The van der Waals surface area contributed by atoms with E-state index in [0.717, 1.165) is 21.9 Å². The van der Waals surface area contributed by atoms with Gasteiger partial charge < -0.3 is 4.90 Å². The van der Waals surface area contributed by atoms with Crippen molar-refractivity contribution in [1.29, 1.82) is 0 Å². The first-order valence-electron chi connectivity index (χ1n) is 4.95. The van der Waals surface area contributed by atoms with E-state index in [1.54, 1.807) is 6.33 Å². The number of anilines is 1. The van der Waals surface area contributed by atoms with Crippen LogP contribution in [0.5, 0.6) is 0 Å². The number of hydrogen-bond acceptors (Lipinski definition) is 3. The Hall–Kier alpha value is -0.830. The van der Waals surface area contributed by atoms with Crippen molar-refractivity contribution in [3.05, 3.63) is 16.1 Å². The van der Waals surface area contributed by atoms with E-state index >= 15 is 0 Å². The molecule has 0 atom stereocenters. The van der Waals surface area contributed by atoms with E-state index in [0.29, 0.717) is 6.54 Å². The van der Waals surface area contributed by atoms with E-state index in [1.807, 2.05) is 6.20 Å². The van der Waals surface area contributed by atoms with Crippen LogP contribution < -0.4 is 4.90 Å². The fraction of sp³-hybridized carbons (Fsp3) is 0.455. The molecule has 0 bridgehead atoms. The second-order valence-corrected chi connectivity index (χ2v) is 4.88. The molecular formula is C11H12IN3. The highest BCUT2D eigenvalue weighted by molar-refractivity contribution is 14.1. The first-order chi connectivity index (χ1) is 7.31. The fourth-order valence-corrected chi connectivity index (χ4v) is 2.13. The molecule has 0 unspecified atom stereocenters. The number of hydrogen-bond donors (Lipinski definition) is 0. The maximum absolute atomic E-state index is 5.38. The lowest BCUT2D eigenvalue weighted by Gasteiger charge is -2.21. The summed E-state index contributed by atoms with van der Waals surface area (Å²) < 4.78 is 1.06. The largest absolute Gasteiger partial charge is 0.344 e. The van der Waals surface area contributed by atoms with Crippen molar-refractivity contribution in [3.8, 4) is 12.3 Å². The molecule has 1 saturated carbocycles. The Morgan fingerprint density at radius 2 is 2.40 bits per heavy atom. The first-order valence-corrected chi connectivity index (χ1v) is 6.03. The molecule has 78 valence electrons. The standard InChI is InChI=1S/C11H12IN3/c1-2-5-15(7-9-3-4-9)11-10(12)6-13-8-14-11/h1,6,8-9H,3-5,7H2. The van der Waals surface area contributed by atoms with Gasteiger partial charge in [-0.05, 0) is 41.4 Å². The molecule has 1 aliphatic carbocycles. The Morgan fingerprint density at radius 1 is 1.60 bits per heavy atom. The molecule has 0 aliphatic heterocycles. The number of rotatable bonds is 4. The van der Waals surface area contributed by atoms with Crippen LogP contribution in [0.25, 0.3) is 0 Å². The van der Waals surface area contributed by atoms with Crippen LogP contribution >= 0.6 is 22.6 Å². The maximum Gasteiger partial charge on any atom is 0.146 e. The van der Waals surface area contributed by atoms with Crippen LogP contribution in [0.4, 0.5) is 5.82 Å². The summed E-state index contributed by atoms with van der Waals surface area (Å²) in [4.78, 5) is 10.4. The molecule has 0 saturated heterocycles. The van der Waals surface area contributed by atoms with Crippen molar-refractivity contribution < 1.29 is 0 Å². The van der Waals surface area contributed by atoms with Crippen molar-refractivity contribution >= 4 is 28.4 Å². The van der Waals surface area contributed by atoms with Gasteiger partial charge >= 0.3 is 0 Å². The number of halogens is 1. The summed E-state index contributed by atoms with van der Waals surface area (Å²) in [6, 6.07) is 0. The SMILES string of the molecule is C#CCN(CC1CC1)c1ncncc1I. The van der Waals surface area contributed by atoms with Crippen LogP contribution in [-0.2, 0) is 0 Å². The van der Waals surface area contributed by atoms with E-state index in [2.05, 4.69) is 43.4 Å². The molecular weight excluding hydrogens is 301 g/mol. The number of nitrogens with zero attached hydrogens (tertiary/aromatic N) is 3. The molecule has 0 radical (unpaired) electrons. The van der Waals surface area contributed by atoms with Gasteiger partial charge in [-0.2, -0.15) is 0 Å². The quantitative estimate of drug-likeness (QED) is 0.628. The molecule has 1 heterocycles. The van der Waals surface area contributed by atoms with Crippen molar-refractivity contribution in [1.82, 2.24) is 9.97 Å². The predicted molar refractivity (Wildman–Crippen MR) is 68.5 cm³/mol. The van der Waals surface area contributed by atoms with Gasteiger partial charge in [0.05, 0.1) is 10.1 Å². The minimum absolute atomic E-state index is 0.628. The minimum atomic E-state index is 0.628. The van der Waals surface area contributed by atoms with Crippen LogP contribution in [0.3, 0.4) is 0 Å². The maximum atomic E-state index is 5.38. The number of aromatic nitrogens is 2. The molecule has 1 aromatic rings. The zero-order chi connectivity index (χ0) is 10.7. The molecule has 0 N–H and O–H groups in total. The molecule has 0 spiro atoms. The Morgan fingerprint density at radius 3 is 3.00 bits per heavy atom. The van der Waals surface area contributed by atoms with Crippen molar-refractivity contribution in [2.24, 2.45) is 5.92 Å². The van der Waals surface area contributed by atoms with Crippen molar-refractivity contribution in [2.45, 2.75) is 12.8 Å². The first kappa shape index (κ1) is 10.7. The van der Waals surface area contributed by atoms with E-state index in [4.69, 9.17) is 6.42 Å². The molecule has 3 nitrogen and oxygen atoms in total. The Bertz CT molecular complexity index is 382. The van der Waals surface area contributed by atoms with Crippen LogP contribution in [0.15, 0.2) is 12.5 Å². The lowest BCUT2D eigenvalue weighted by molar-refractivity contribution is 0.751. The van der Waals surface area contributed by atoms with Crippen molar-refractivity contribution in [2.75, 3.05) is 18.0 Å². The van der Waals surface area contributed by atoms with E-state index < -0.39 is 0 Å². The van der Waals surface area contributed by atoms with Crippen LogP contribution in [0.1, 0.15) is 12.8 Å². The van der Waals surface area contributed by atoms with E-state index in [9.17, 15) is 0 Å². The van der Waals surface area contributed by atoms with Gasteiger partial charge in [-0.25, -0.2) is 9.97 Å². The molecule has 0 aromatic carbocycles. The topological polar surface area (TPSA) is 29.0 Å². The summed E-state index contributed by atoms with van der Waals surface area (Å²) in [6.45, 7) is 1.65. The molecule has 1 aliphatic rings. The Labute approximate surface area is 103 Å². The van der Waals surface area contributed by atoms with Gasteiger partial charge in [-0.15, -0.1) is 6.42 Å². The third-order valence-electron chi connectivity index (χ3n) is 2.41. The average molecular weight is 313 g/mol. The molecule has 15 heavy (non-hydrogen) atoms. The van der Waals surface area contributed by atoms with Gasteiger partial charge in [-0.3, -0.25) is 0 Å². The Balaban J connectivity index is 2.15. The summed E-state index contributed by atoms with van der Waals surface area (Å²) in [7, 11) is 0. The second-order valence-electron chi connectivity index (χ2n) is 3.72. The zero-order valence-electron chi connectivity index (χ0n) is 8.36. The molecule has 4 heteroatoms. The third-order valence-corrected chi connectivity index (χ3v) is 3.17. The van der Waals surface area contributed by atoms with Crippen LogP contribution in [-0.4, -0.2) is 23.1 Å². The summed E-state index contributed by atoms with van der Waals surface area (Å²) in [5, 5.41) is 0. The normalized spacial score (nSPS) is 14.7. The third kappa shape index (κ3) is 2.81. The summed E-state index contributed by atoms with van der Waals surface area (Å²) in [5.41, 5.74) is 0. The fourth-order valence-electron chi connectivity index (χ4n) is 1.49. The van der Waals surface area contributed by atoms with Crippen LogP contribution in [0, 0.1) is 21.8 Å². The van der Waals surface area contributed by atoms with Gasteiger partial charge in [0.2, 0.25) is 0 Å². The van der Waals surface area contributed by atoms with Gasteiger partial charge in [0.25, 0.3) is 0 Å². The molecule has 2 rings (SSSR count). The van der Waals surface area contributed by atoms with Crippen LogP contribution in [0.2, 0.25) is 0 Å². The van der Waals surface area contributed by atoms with Gasteiger partial charge in [0.1, 0.15) is 12.1 Å². The number of terminal acetylenes is 1. The Kier molecular flexibility index (Phi) is 3.41. The molecule has 0 amide bonds. The van der Waals surface area contributed by atoms with E-state index in [-0.39, 0.29) is 0 Å². The van der Waals surface area contributed by atoms with Crippen molar-refractivity contribution in [3.63, 3.8) is 0 Å². The van der Waals surface area contributed by atoms with Gasteiger partial charge in [0, 0.05) is 12.7 Å². The summed E-state index contributed by atoms with van der Waals surface area (Å²) >= 11 is 2.25. The minimum Gasteiger partial charge on any atom is -0.344 e. The second kappa shape index (κ2) is 4.79. The van der Waals surface area contributed by atoms with E-state index in [1.165, 1.54) is 12.8 Å². The lowest BCUT2D eigenvalue weighted by atomic mass is 10.3. The monoisotopic (exact) mass is 313 g/mol. The molecule has 1 aromatic heterocycles. The summed E-state index contributed by atoms with van der Waals surface area (Å²) in [5.74, 6) is 4.47. The summed E-state index contributed by atoms with van der Waals surface area (Å²) in [6.07, 6.45) is 11.4. The smallest absolute Gasteiger partial charge is 0.146 e.